The Morgan fingerprint density at radius 2 is 0.878 bits per heavy atom. The molecular formula is C40H35N. The second-order valence-corrected chi connectivity index (χ2v) is 12.8. The number of nitrogens with zero attached hydrogens (tertiary/aromatic N) is 1. The first-order valence-corrected chi connectivity index (χ1v) is 15.6. The minimum absolute atomic E-state index is 0.749. The van der Waals surface area contributed by atoms with Gasteiger partial charge in [0.2, 0.25) is 0 Å². The van der Waals surface area contributed by atoms with Crippen LogP contribution < -0.4 is 4.90 Å². The van der Waals surface area contributed by atoms with Crippen LogP contribution in [0.2, 0.25) is 0 Å². The zero-order valence-electron chi connectivity index (χ0n) is 23.5. The van der Waals surface area contributed by atoms with Gasteiger partial charge in [-0.05, 0) is 131 Å². The molecule has 4 aliphatic carbocycles. The van der Waals surface area contributed by atoms with E-state index in [9.17, 15) is 0 Å². The highest BCUT2D eigenvalue weighted by atomic mass is 15.1. The van der Waals surface area contributed by atoms with E-state index in [1.54, 1.807) is 22.3 Å². The topological polar surface area (TPSA) is 3.24 Å². The number of para-hydroxylation sites is 2. The van der Waals surface area contributed by atoms with Crippen LogP contribution in [0.3, 0.4) is 0 Å². The maximum Gasteiger partial charge on any atom is 0.0546 e. The Morgan fingerprint density at radius 3 is 1.46 bits per heavy atom. The Kier molecular flexibility index (Phi) is 5.30. The fourth-order valence-corrected chi connectivity index (χ4v) is 8.76. The lowest BCUT2D eigenvalue weighted by Crippen LogP contribution is -2.11. The summed E-state index contributed by atoms with van der Waals surface area (Å²) in [6.07, 6.45) is 8.18. The molecule has 41 heavy (non-hydrogen) atoms. The molecule has 0 saturated heterocycles. The van der Waals surface area contributed by atoms with Crippen molar-refractivity contribution in [3.05, 3.63) is 138 Å². The van der Waals surface area contributed by atoms with Crippen molar-refractivity contribution in [2.45, 2.75) is 62.2 Å². The van der Waals surface area contributed by atoms with Gasteiger partial charge in [0, 0.05) is 16.9 Å². The quantitative estimate of drug-likeness (QED) is 0.219. The largest absolute Gasteiger partial charge is 0.310 e. The number of benzene rings is 5. The molecule has 5 aromatic rings. The smallest absolute Gasteiger partial charge is 0.0546 e. The molecule has 2 fully saturated rings. The third-order valence-electron chi connectivity index (χ3n) is 10.7. The van der Waals surface area contributed by atoms with Gasteiger partial charge in [-0.25, -0.2) is 0 Å². The van der Waals surface area contributed by atoms with Gasteiger partial charge in [0.15, 0.2) is 0 Å². The predicted octanol–water partition coefficient (Wildman–Crippen LogP) is 11.2. The summed E-state index contributed by atoms with van der Waals surface area (Å²) in [6.45, 7) is 0. The Balaban J connectivity index is 1.24. The molecular weight excluding hydrogens is 494 g/mol. The molecule has 0 heterocycles. The third kappa shape index (κ3) is 3.75. The number of hydrogen-bond donors (Lipinski definition) is 0. The van der Waals surface area contributed by atoms with Crippen LogP contribution in [-0.4, -0.2) is 0 Å². The molecule has 200 valence electrons. The molecule has 0 N–H and O–H groups in total. The summed E-state index contributed by atoms with van der Waals surface area (Å²) >= 11 is 0. The van der Waals surface area contributed by atoms with Gasteiger partial charge in [-0.3, -0.25) is 0 Å². The first-order chi connectivity index (χ1) is 20.3. The molecule has 4 bridgehead atoms. The monoisotopic (exact) mass is 529 g/mol. The second-order valence-electron chi connectivity index (χ2n) is 12.8. The van der Waals surface area contributed by atoms with Crippen LogP contribution in [0.1, 0.15) is 84.5 Å². The van der Waals surface area contributed by atoms with Crippen LogP contribution in [0.5, 0.6) is 0 Å². The minimum Gasteiger partial charge on any atom is -0.310 e. The molecule has 1 heteroatoms. The molecule has 9 rings (SSSR count). The molecule has 4 atom stereocenters. The Bertz CT molecular complexity index is 1730. The van der Waals surface area contributed by atoms with Crippen molar-refractivity contribution >= 4 is 17.1 Å². The van der Waals surface area contributed by atoms with E-state index in [0.717, 1.165) is 23.7 Å². The fraction of sp³-hybridized carbons (Fsp3) is 0.250. The zero-order chi connectivity index (χ0) is 26.9. The van der Waals surface area contributed by atoms with Crippen molar-refractivity contribution in [2.75, 3.05) is 4.90 Å². The predicted molar refractivity (Wildman–Crippen MR) is 171 cm³/mol. The van der Waals surface area contributed by atoms with Crippen LogP contribution in [0, 0.1) is 0 Å². The second kappa shape index (κ2) is 9.21. The molecule has 1 nitrogen and oxygen atoms in total. The molecule has 5 aromatic carbocycles. The van der Waals surface area contributed by atoms with Gasteiger partial charge in [0.1, 0.15) is 0 Å². The van der Waals surface area contributed by atoms with Crippen LogP contribution >= 0.6 is 0 Å². The van der Waals surface area contributed by atoms with E-state index in [0.29, 0.717) is 0 Å². The first-order valence-electron chi connectivity index (χ1n) is 15.6. The fourth-order valence-electron chi connectivity index (χ4n) is 8.76. The van der Waals surface area contributed by atoms with Crippen LogP contribution in [0.4, 0.5) is 17.1 Å². The summed E-state index contributed by atoms with van der Waals surface area (Å²) in [5, 5.41) is 0. The lowest BCUT2D eigenvalue weighted by atomic mass is 9.87. The summed E-state index contributed by atoms with van der Waals surface area (Å²) in [7, 11) is 0. The van der Waals surface area contributed by atoms with Crippen molar-refractivity contribution in [3.8, 4) is 22.3 Å². The standard InChI is InChI=1S/C40H35N/c1-3-7-33(8-4-1)41(34-9-5-2-6-10-34)40-25-27(26-15-18-35-28-11-13-30(21-28)38(35)23-26)16-20-37(40)32-17-19-36-29-12-14-31(22-29)39(36)24-32/h1-10,15-20,23-25,28-31H,11-14,21-22H2. The van der Waals surface area contributed by atoms with Crippen molar-refractivity contribution in [3.63, 3.8) is 0 Å². The van der Waals surface area contributed by atoms with E-state index in [-0.39, 0.29) is 0 Å². The number of rotatable bonds is 5. The van der Waals surface area contributed by atoms with Gasteiger partial charge in [-0.15, -0.1) is 0 Å². The van der Waals surface area contributed by atoms with Crippen molar-refractivity contribution in [1.82, 2.24) is 0 Å². The summed E-state index contributed by atoms with van der Waals surface area (Å²) in [4.78, 5) is 2.45. The molecule has 0 spiro atoms. The van der Waals surface area contributed by atoms with E-state index in [1.165, 1.54) is 77.8 Å². The molecule has 4 unspecified atom stereocenters. The Labute approximate surface area is 243 Å². The van der Waals surface area contributed by atoms with E-state index < -0.39 is 0 Å². The SMILES string of the molecule is c1ccc(N(c2ccccc2)c2cc(-c3ccc4c(c3)C3CCC4C3)ccc2-c2ccc3c(c2)C2CCC3C2)cc1. The highest BCUT2D eigenvalue weighted by Crippen LogP contribution is 2.55. The lowest BCUT2D eigenvalue weighted by Gasteiger charge is -2.29. The summed E-state index contributed by atoms with van der Waals surface area (Å²) in [5.41, 5.74) is 15.3. The van der Waals surface area contributed by atoms with Crippen LogP contribution in [0.15, 0.2) is 115 Å². The van der Waals surface area contributed by atoms with E-state index in [2.05, 4.69) is 120 Å². The molecule has 0 aliphatic heterocycles. The lowest BCUT2D eigenvalue weighted by molar-refractivity contribution is 0.718. The number of hydrogen-bond acceptors (Lipinski definition) is 1. The molecule has 0 aromatic heterocycles. The van der Waals surface area contributed by atoms with Gasteiger partial charge in [-0.2, -0.15) is 0 Å². The van der Waals surface area contributed by atoms with E-state index in [4.69, 9.17) is 0 Å². The third-order valence-corrected chi connectivity index (χ3v) is 10.7. The molecule has 0 radical (unpaired) electrons. The van der Waals surface area contributed by atoms with Crippen molar-refractivity contribution in [2.24, 2.45) is 0 Å². The average molecular weight is 530 g/mol. The molecule has 2 saturated carbocycles. The van der Waals surface area contributed by atoms with E-state index in [1.807, 2.05) is 0 Å². The van der Waals surface area contributed by atoms with Gasteiger partial charge in [0.25, 0.3) is 0 Å². The highest BCUT2D eigenvalue weighted by Gasteiger charge is 2.38. The Morgan fingerprint density at radius 1 is 0.415 bits per heavy atom. The normalized spacial score (nSPS) is 23.0. The number of fused-ring (bicyclic) bond motifs is 10. The number of anilines is 3. The van der Waals surface area contributed by atoms with Crippen LogP contribution in [0.25, 0.3) is 22.3 Å². The first kappa shape index (κ1) is 23.6. The van der Waals surface area contributed by atoms with Crippen molar-refractivity contribution in [1.29, 1.82) is 0 Å². The van der Waals surface area contributed by atoms with Gasteiger partial charge >= 0.3 is 0 Å². The minimum atomic E-state index is 0.749. The van der Waals surface area contributed by atoms with Gasteiger partial charge < -0.3 is 4.90 Å². The maximum atomic E-state index is 2.53. The maximum absolute atomic E-state index is 2.53. The molecule has 0 amide bonds. The summed E-state index contributed by atoms with van der Waals surface area (Å²) in [6, 6.07) is 43.6. The summed E-state index contributed by atoms with van der Waals surface area (Å²) in [5.74, 6) is 3.09. The van der Waals surface area contributed by atoms with Gasteiger partial charge in [-0.1, -0.05) is 84.9 Å². The van der Waals surface area contributed by atoms with Crippen LogP contribution in [-0.2, 0) is 0 Å². The average Bonchev–Trinajstić information content (AvgIpc) is 3.85. The zero-order valence-corrected chi connectivity index (χ0v) is 23.5. The van der Waals surface area contributed by atoms with E-state index >= 15 is 0 Å². The van der Waals surface area contributed by atoms with Crippen molar-refractivity contribution < 1.29 is 0 Å². The summed E-state index contributed by atoms with van der Waals surface area (Å²) < 4.78 is 0. The Hall–Kier alpha value is -4.10. The van der Waals surface area contributed by atoms with Gasteiger partial charge in [0.05, 0.1) is 5.69 Å². The highest BCUT2D eigenvalue weighted by molar-refractivity contribution is 5.91. The molecule has 4 aliphatic rings.